The van der Waals surface area contributed by atoms with Crippen molar-refractivity contribution >= 4 is 27.9 Å². The summed E-state index contributed by atoms with van der Waals surface area (Å²) in [5.41, 5.74) is 15.2. The standard InChI is InChI=1S/C51H44N2/c1-37(53-49(29-23-38-16-7-3-8-17-38)44-28-30-48-43(34-44)22-15-33-52-48)39-24-26-42(27-25-39)50-46(40-18-9-4-10-19-40)35-45(51(2)31-13-6-14-32-51)36-47(50)41-20-11-5-12-21-41/h3-4,6-11,13-22,24-31,33-36H,5,12,23,32H2,1-2H3/b49-29-,53-37?. The number of nitrogens with zero attached hydrogens (tertiary/aromatic N) is 2. The number of pyridine rings is 1. The topological polar surface area (TPSA) is 25.2 Å². The zero-order chi connectivity index (χ0) is 36.0. The number of hydrogen-bond acceptors (Lipinski definition) is 2. The molecular weight excluding hydrogens is 641 g/mol. The number of hydrogen-bond donors (Lipinski definition) is 0. The van der Waals surface area contributed by atoms with Crippen LogP contribution in [0.25, 0.3) is 44.4 Å². The largest absolute Gasteiger partial charge is 0.256 e. The van der Waals surface area contributed by atoms with Crippen molar-refractivity contribution in [3.8, 4) is 22.3 Å². The Labute approximate surface area is 314 Å². The van der Waals surface area contributed by atoms with Crippen molar-refractivity contribution in [1.29, 1.82) is 0 Å². The van der Waals surface area contributed by atoms with Gasteiger partial charge in [0.25, 0.3) is 0 Å². The van der Waals surface area contributed by atoms with Crippen LogP contribution < -0.4 is 0 Å². The summed E-state index contributed by atoms with van der Waals surface area (Å²) in [6.45, 7) is 4.48. The van der Waals surface area contributed by atoms with Gasteiger partial charge < -0.3 is 0 Å². The van der Waals surface area contributed by atoms with Crippen LogP contribution >= 0.6 is 0 Å². The SMILES string of the molecule is CC(=N/C(=C\Cc1ccccc1)c1ccc2ncccc2c1)c1ccc(-c2c(C3=CCCC=C3)cc(C3(C)C=CC=CC3)cc2-c2ccccc2)cc1. The van der Waals surface area contributed by atoms with Crippen LogP contribution in [0.15, 0.2) is 187 Å². The Bertz CT molecular complexity index is 2440. The van der Waals surface area contributed by atoms with E-state index in [1.165, 1.54) is 44.5 Å². The van der Waals surface area contributed by atoms with E-state index in [0.717, 1.165) is 59.1 Å². The molecule has 1 unspecified atom stereocenters. The summed E-state index contributed by atoms with van der Waals surface area (Å²) >= 11 is 0. The summed E-state index contributed by atoms with van der Waals surface area (Å²) in [7, 11) is 0. The number of allylic oxidation sites excluding steroid dienone is 9. The van der Waals surface area contributed by atoms with Gasteiger partial charge in [0, 0.05) is 28.3 Å². The molecular formula is C51H44N2. The predicted octanol–water partition coefficient (Wildman–Crippen LogP) is 13.2. The molecule has 5 aromatic carbocycles. The molecule has 0 fully saturated rings. The summed E-state index contributed by atoms with van der Waals surface area (Å²) in [5.74, 6) is 0. The van der Waals surface area contributed by atoms with Gasteiger partial charge in [0.05, 0.1) is 11.2 Å². The lowest BCUT2D eigenvalue weighted by Crippen LogP contribution is -2.20. The van der Waals surface area contributed by atoms with Crippen molar-refractivity contribution in [2.75, 3.05) is 0 Å². The van der Waals surface area contributed by atoms with Gasteiger partial charge in [-0.25, -0.2) is 0 Å². The monoisotopic (exact) mass is 684 g/mol. The van der Waals surface area contributed by atoms with Gasteiger partial charge in [-0.05, 0) is 113 Å². The summed E-state index contributed by atoms with van der Waals surface area (Å²) in [5, 5.41) is 1.11. The van der Waals surface area contributed by atoms with E-state index in [1.807, 2.05) is 12.3 Å². The van der Waals surface area contributed by atoms with Crippen molar-refractivity contribution in [3.63, 3.8) is 0 Å². The van der Waals surface area contributed by atoms with E-state index in [1.54, 1.807) is 0 Å². The molecule has 258 valence electrons. The van der Waals surface area contributed by atoms with Gasteiger partial charge in [-0.2, -0.15) is 0 Å². The van der Waals surface area contributed by atoms with Crippen molar-refractivity contribution in [3.05, 3.63) is 210 Å². The lowest BCUT2D eigenvalue weighted by Gasteiger charge is -2.30. The van der Waals surface area contributed by atoms with Gasteiger partial charge in [0.15, 0.2) is 0 Å². The number of aromatic nitrogens is 1. The van der Waals surface area contributed by atoms with Crippen LogP contribution in [-0.4, -0.2) is 10.7 Å². The second-order valence-corrected chi connectivity index (χ2v) is 14.3. The molecule has 0 amide bonds. The van der Waals surface area contributed by atoms with Crippen LogP contribution in [0.5, 0.6) is 0 Å². The molecule has 2 aliphatic rings. The minimum Gasteiger partial charge on any atom is -0.256 e. The Balaban J connectivity index is 1.22. The average molecular weight is 685 g/mol. The average Bonchev–Trinajstić information content (AvgIpc) is 3.23. The number of fused-ring (bicyclic) bond motifs is 1. The zero-order valence-electron chi connectivity index (χ0n) is 30.5. The fraction of sp³-hybridized carbons (Fsp3) is 0.137. The second-order valence-electron chi connectivity index (χ2n) is 14.3. The molecule has 53 heavy (non-hydrogen) atoms. The highest BCUT2D eigenvalue weighted by Crippen LogP contribution is 2.44. The normalized spacial score (nSPS) is 17.3. The molecule has 0 spiro atoms. The minimum atomic E-state index is -0.0742. The van der Waals surface area contributed by atoms with Gasteiger partial charge in [-0.15, -0.1) is 0 Å². The first-order valence-electron chi connectivity index (χ1n) is 18.7. The molecule has 2 heteroatoms. The number of aliphatic imine (C=N–C) groups is 1. The van der Waals surface area contributed by atoms with E-state index in [4.69, 9.17) is 4.99 Å². The Hall–Kier alpha value is -6.12. The molecule has 2 nitrogen and oxygen atoms in total. The lowest BCUT2D eigenvalue weighted by molar-refractivity contribution is 0.600. The van der Waals surface area contributed by atoms with Crippen LogP contribution in [0.2, 0.25) is 0 Å². The van der Waals surface area contributed by atoms with Crippen LogP contribution in [-0.2, 0) is 11.8 Å². The molecule has 0 radical (unpaired) electrons. The van der Waals surface area contributed by atoms with Crippen molar-refractivity contribution in [1.82, 2.24) is 4.98 Å². The van der Waals surface area contributed by atoms with E-state index >= 15 is 0 Å². The predicted molar refractivity (Wildman–Crippen MR) is 226 cm³/mol. The van der Waals surface area contributed by atoms with Crippen LogP contribution in [0.1, 0.15) is 60.9 Å². The number of benzene rings is 5. The third kappa shape index (κ3) is 7.45. The second kappa shape index (κ2) is 15.2. The molecule has 1 heterocycles. The van der Waals surface area contributed by atoms with Crippen LogP contribution in [0, 0.1) is 0 Å². The Morgan fingerprint density at radius 1 is 0.736 bits per heavy atom. The van der Waals surface area contributed by atoms with E-state index in [0.29, 0.717) is 0 Å². The van der Waals surface area contributed by atoms with E-state index in [-0.39, 0.29) is 5.41 Å². The van der Waals surface area contributed by atoms with E-state index in [2.05, 4.69) is 189 Å². The van der Waals surface area contributed by atoms with Gasteiger partial charge >= 0.3 is 0 Å². The first kappa shape index (κ1) is 34.0. The maximum atomic E-state index is 5.30. The van der Waals surface area contributed by atoms with E-state index in [9.17, 15) is 0 Å². The molecule has 2 aliphatic carbocycles. The minimum absolute atomic E-state index is 0.0742. The highest BCUT2D eigenvalue weighted by atomic mass is 14.8. The van der Waals surface area contributed by atoms with Gasteiger partial charge in [0.2, 0.25) is 0 Å². The molecule has 1 aromatic heterocycles. The van der Waals surface area contributed by atoms with Crippen molar-refractivity contribution in [2.24, 2.45) is 4.99 Å². The Morgan fingerprint density at radius 2 is 1.51 bits per heavy atom. The number of rotatable bonds is 9. The first-order valence-corrected chi connectivity index (χ1v) is 18.7. The third-order valence-corrected chi connectivity index (χ3v) is 10.6. The summed E-state index contributed by atoms with van der Waals surface area (Å²) in [6, 6.07) is 45.9. The zero-order valence-corrected chi connectivity index (χ0v) is 30.5. The van der Waals surface area contributed by atoms with E-state index < -0.39 is 0 Å². The fourth-order valence-corrected chi connectivity index (χ4v) is 7.53. The maximum Gasteiger partial charge on any atom is 0.0702 e. The molecule has 0 saturated heterocycles. The summed E-state index contributed by atoms with van der Waals surface area (Å²) in [6.07, 6.45) is 24.1. The van der Waals surface area contributed by atoms with Crippen molar-refractivity contribution < 1.29 is 0 Å². The Kier molecular flexibility index (Phi) is 9.77. The van der Waals surface area contributed by atoms with Gasteiger partial charge in [0.1, 0.15) is 0 Å². The van der Waals surface area contributed by atoms with Crippen molar-refractivity contribution in [2.45, 2.75) is 44.9 Å². The smallest absolute Gasteiger partial charge is 0.0702 e. The van der Waals surface area contributed by atoms with Crippen LogP contribution in [0.4, 0.5) is 0 Å². The quantitative estimate of drug-likeness (QED) is 0.139. The Morgan fingerprint density at radius 3 is 2.26 bits per heavy atom. The van der Waals surface area contributed by atoms with Crippen LogP contribution in [0.3, 0.4) is 0 Å². The molecule has 0 saturated carbocycles. The first-order chi connectivity index (χ1) is 26.0. The summed E-state index contributed by atoms with van der Waals surface area (Å²) in [4.78, 5) is 9.84. The molecule has 0 aliphatic heterocycles. The van der Waals surface area contributed by atoms with Gasteiger partial charge in [-0.3, -0.25) is 9.98 Å². The summed E-state index contributed by atoms with van der Waals surface area (Å²) < 4.78 is 0. The highest BCUT2D eigenvalue weighted by molar-refractivity contribution is 6.03. The molecule has 8 rings (SSSR count). The highest BCUT2D eigenvalue weighted by Gasteiger charge is 2.27. The fourth-order valence-electron chi connectivity index (χ4n) is 7.53. The third-order valence-electron chi connectivity index (χ3n) is 10.6. The van der Waals surface area contributed by atoms with Gasteiger partial charge in [-0.1, -0.05) is 153 Å². The molecule has 0 bridgehead atoms. The maximum absolute atomic E-state index is 5.30. The lowest BCUT2D eigenvalue weighted by atomic mass is 9.74. The molecule has 0 N–H and O–H groups in total. The molecule has 1 atom stereocenters. The molecule has 6 aromatic rings.